The van der Waals surface area contributed by atoms with Gasteiger partial charge in [0.2, 0.25) is 5.91 Å². The minimum Gasteiger partial charge on any atom is -0.490 e. The van der Waals surface area contributed by atoms with Gasteiger partial charge in [-0.25, -0.2) is 4.98 Å². The number of ether oxygens (including phenoxy) is 2. The van der Waals surface area contributed by atoms with E-state index in [9.17, 15) is 10.1 Å². The van der Waals surface area contributed by atoms with Crippen molar-refractivity contribution in [1.29, 1.82) is 5.26 Å². The fourth-order valence-electron chi connectivity index (χ4n) is 4.71. The summed E-state index contributed by atoms with van der Waals surface area (Å²) in [7, 11) is 0. The maximum absolute atomic E-state index is 13.0. The van der Waals surface area contributed by atoms with Crippen LogP contribution in [0, 0.1) is 25.2 Å². The highest BCUT2D eigenvalue weighted by molar-refractivity contribution is 8.00. The highest BCUT2D eigenvalue weighted by Crippen LogP contribution is 2.38. The third-order valence-electron chi connectivity index (χ3n) is 6.97. The number of hydrogen-bond donors (Lipinski definition) is 1. The van der Waals surface area contributed by atoms with E-state index in [0.717, 1.165) is 33.5 Å². The van der Waals surface area contributed by atoms with Crippen LogP contribution in [0.5, 0.6) is 11.5 Å². The van der Waals surface area contributed by atoms with Gasteiger partial charge in [-0.05, 0) is 67.3 Å². The number of nitriles is 1. The molecule has 4 aromatic carbocycles. The van der Waals surface area contributed by atoms with E-state index >= 15 is 0 Å². The maximum Gasteiger partial charge on any atom is 0.234 e. The van der Waals surface area contributed by atoms with Gasteiger partial charge in [0.05, 0.1) is 23.6 Å². The summed E-state index contributed by atoms with van der Waals surface area (Å²) in [4.78, 5) is 17.9. The van der Waals surface area contributed by atoms with Gasteiger partial charge in [-0.2, -0.15) is 5.26 Å². The van der Waals surface area contributed by atoms with Crippen LogP contribution in [0.25, 0.3) is 22.4 Å². The number of nitrogens with zero attached hydrogens (tertiary/aromatic N) is 2. The molecule has 0 aliphatic rings. The first-order chi connectivity index (χ1) is 21.4. The Bertz CT molecular complexity index is 1800. The molecule has 1 amide bonds. The zero-order valence-electron chi connectivity index (χ0n) is 25.0. The van der Waals surface area contributed by atoms with Gasteiger partial charge in [-0.3, -0.25) is 4.79 Å². The average molecular weight is 600 g/mol. The Morgan fingerprint density at radius 2 is 1.61 bits per heavy atom. The zero-order chi connectivity index (χ0) is 30.9. The Balaban J connectivity index is 1.49. The lowest BCUT2D eigenvalue weighted by Gasteiger charge is -2.16. The van der Waals surface area contributed by atoms with Crippen LogP contribution >= 0.6 is 11.8 Å². The van der Waals surface area contributed by atoms with Gasteiger partial charge in [0.15, 0.2) is 11.5 Å². The summed E-state index contributed by atoms with van der Waals surface area (Å²) in [5, 5.41) is 13.9. The van der Waals surface area contributed by atoms with Crippen molar-refractivity contribution in [2.75, 3.05) is 17.7 Å². The number of amides is 1. The van der Waals surface area contributed by atoms with Crippen LogP contribution in [0.3, 0.4) is 0 Å². The van der Waals surface area contributed by atoms with Gasteiger partial charge in [0, 0.05) is 16.8 Å². The number of hydrogen-bond acceptors (Lipinski definition) is 6. The number of aryl methyl sites for hydroxylation is 2. The molecule has 0 atom stereocenters. The van der Waals surface area contributed by atoms with E-state index in [-0.39, 0.29) is 11.7 Å². The first kappa shape index (κ1) is 30.4. The van der Waals surface area contributed by atoms with Gasteiger partial charge >= 0.3 is 0 Å². The highest BCUT2D eigenvalue weighted by atomic mass is 32.2. The van der Waals surface area contributed by atoms with Crippen LogP contribution in [0.4, 0.5) is 5.69 Å². The molecule has 0 saturated heterocycles. The van der Waals surface area contributed by atoms with Crippen LogP contribution in [0.15, 0.2) is 108 Å². The molecular formula is C37H33N3O3S. The molecule has 1 aromatic heterocycles. The Morgan fingerprint density at radius 1 is 0.864 bits per heavy atom. The van der Waals surface area contributed by atoms with Crippen molar-refractivity contribution >= 4 is 23.4 Å². The van der Waals surface area contributed by atoms with Crippen molar-refractivity contribution in [3.8, 4) is 40.0 Å². The molecule has 7 heteroatoms. The van der Waals surface area contributed by atoms with Crippen molar-refractivity contribution in [2.24, 2.45) is 0 Å². The largest absolute Gasteiger partial charge is 0.490 e. The molecule has 5 aromatic rings. The molecule has 44 heavy (non-hydrogen) atoms. The van der Waals surface area contributed by atoms with Crippen molar-refractivity contribution < 1.29 is 14.3 Å². The Kier molecular flexibility index (Phi) is 9.96. The number of carbonyl (C=O) groups excluding carboxylic acids is 1. The monoisotopic (exact) mass is 599 g/mol. The standard InChI is InChI=1S/C37H33N3O3S/c1-4-42-35-20-29(17-18-34(35)43-23-27-11-7-5-8-12-27)30-21-33(28-13-9-6-10-14-28)40-37(31(30)22-38)44-24-36(41)39-32-19-25(2)15-16-26(32)3/h5-21H,4,23-24H2,1-3H3,(H,39,41). The number of rotatable bonds is 11. The minimum atomic E-state index is -0.167. The molecule has 5 rings (SSSR count). The summed E-state index contributed by atoms with van der Waals surface area (Å²) >= 11 is 1.25. The summed E-state index contributed by atoms with van der Waals surface area (Å²) in [5.74, 6) is 1.14. The van der Waals surface area contributed by atoms with Crippen molar-refractivity contribution in [3.05, 3.63) is 125 Å². The van der Waals surface area contributed by atoms with Crippen LogP contribution in [-0.2, 0) is 11.4 Å². The summed E-state index contributed by atoms with van der Waals surface area (Å²) < 4.78 is 12.1. The Morgan fingerprint density at radius 3 is 2.34 bits per heavy atom. The number of carbonyl (C=O) groups is 1. The molecule has 0 aliphatic carbocycles. The molecule has 0 radical (unpaired) electrons. The molecule has 6 nitrogen and oxygen atoms in total. The van der Waals surface area contributed by atoms with Crippen LogP contribution in [-0.4, -0.2) is 23.3 Å². The second-order valence-corrected chi connectivity index (χ2v) is 11.2. The van der Waals surface area contributed by atoms with E-state index < -0.39 is 0 Å². The number of benzene rings is 4. The smallest absolute Gasteiger partial charge is 0.234 e. The van der Waals surface area contributed by atoms with E-state index in [1.54, 1.807) is 0 Å². The average Bonchev–Trinajstić information content (AvgIpc) is 3.05. The van der Waals surface area contributed by atoms with Gasteiger partial charge in [-0.15, -0.1) is 0 Å². The number of aromatic nitrogens is 1. The molecule has 0 aliphatic heterocycles. The second kappa shape index (κ2) is 14.4. The lowest BCUT2D eigenvalue weighted by Crippen LogP contribution is -2.15. The molecule has 0 saturated carbocycles. The van der Waals surface area contributed by atoms with E-state index in [1.807, 2.05) is 124 Å². The third kappa shape index (κ3) is 7.47. The fourth-order valence-corrected chi connectivity index (χ4v) is 5.51. The lowest BCUT2D eigenvalue weighted by molar-refractivity contribution is -0.113. The maximum atomic E-state index is 13.0. The molecule has 1 N–H and O–H groups in total. The molecule has 1 heterocycles. The van der Waals surface area contributed by atoms with E-state index in [4.69, 9.17) is 14.5 Å². The Labute approximate surface area is 262 Å². The van der Waals surface area contributed by atoms with Crippen molar-refractivity contribution in [1.82, 2.24) is 4.98 Å². The van der Waals surface area contributed by atoms with Crippen molar-refractivity contribution in [3.63, 3.8) is 0 Å². The predicted molar refractivity (Wildman–Crippen MR) is 177 cm³/mol. The third-order valence-corrected chi connectivity index (χ3v) is 7.94. The topological polar surface area (TPSA) is 84.2 Å². The molecule has 0 spiro atoms. The number of anilines is 1. The fraction of sp³-hybridized carbons (Fsp3) is 0.162. The van der Waals surface area contributed by atoms with Gasteiger partial charge in [0.1, 0.15) is 17.7 Å². The SMILES string of the molecule is CCOc1cc(-c2cc(-c3ccccc3)nc(SCC(=O)Nc3cc(C)ccc3C)c2C#N)ccc1OCc1ccccc1. The molecule has 0 fully saturated rings. The first-order valence-corrected chi connectivity index (χ1v) is 15.4. The van der Waals surface area contributed by atoms with E-state index in [1.165, 1.54) is 11.8 Å². The quantitative estimate of drug-likeness (QED) is 0.153. The van der Waals surface area contributed by atoms with E-state index in [0.29, 0.717) is 46.6 Å². The van der Waals surface area contributed by atoms with Gasteiger partial charge in [0.25, 0.3) is 0 Å². The normalized spacial score (nSPS) is 10.6. The van der Waals surface area contributed by atoms with E-state index in [2.05, 4.69) is 11.4 Å². The van der Waals surface area contributed by atoms with Crippen LogP contribution in [0.1, 0.15) is 29.2 Å². The van der Waals surface area contributed by atoms with Gasteiger partial charge < -0.3 is 14.8 Å². The minimum absolute atomic E-state index is 0.100. The Hall–Kier alpha value is -5.06. The number of thioether (sulfide) groups is 1. The molecule has 0 unspecified atom stereocenters. The molecule has 220 valence electrons. The first-order valence-electron chi connectivity index (χ1n) is 14.4. The molecule has 0 bridgehead atoms. The summed E-state index contributed by atoms with van der Waals surface area (Å²) in [6, 6.07) is 35.7. The molecular weight excluding hydrogens is 566 g/mol. The summed E-state index contributed by atoms with van der Waals surface area (Å²) in [5.41, 5.74) is 7.39. The summed E-state index contributed by atoms with van der Waals surface area (Å²) in [6.45, 7) is 6.73. The van der Waals surface area contributed by atoms with Crippen LogP contribution in [0.2, 0.25) is 0 Å². The number of pyridine rings is 1. The van der Waals surface area contributed by atoms with Crippen LogP contribution < -0.4 is 14.8 Å². The lowest BCUT2D eigenvalue weighted by atomic mass is 9.99. The zero-order valence-corrected chi connectivity index (χ0v) is 25.8. The van der Waals surface area contributed by atoms with Crippen molar-refractivity contribution in [2.45, 2.75) is 32.4 Å². The predicted octanol–water partition coefficient (Wildman–Crippen LogP) is 8.61. The second-order valence-electron chi connectivity index (χ2n) is 10.2. The number of nitrogens with one attached hydrogen (secondary N) is 1. The highest BCUT2D eigenvalue weighted by Gasteiger charge is 2.19. The van der Waals surface area contributed by atoms with Gasteiger partial charge in [-0.1, -0.05) is 90.6 Å². The summed E-state index contributed by atoms with van der Waals surface area (Å²) in [6.07, 6.45) is 0.